The van der Waals surface area contributed by atoms with E-state index in [9.17, 15) is 4.79 Å². The average Bonchev–Trinajstić information content (AvgIpc) is 2.73. The zero-order valence-electron chi connectivity index (χ0n) is 12.4. The number of nitrogens with one attached hydrogen (secondary N) is 2. The second kappa shape index (κ2) is 6.29. The third-order valence-corrected chi connectivity index (χ3v) is 4.99. The fraction of sp³-hybridized carbons (Fsp3) is 0.929. The number of carbonyl (C=O) groups is 1. The van der Waals surface area contributed by atoms with Gasteiger partial charge in [-0.1, -0.05) is 12.8 Å². The van der Waals surface area contributed by atoms with E-state index in [0.717, 1.165) is 6.54 Å². The topological polar surface area (TPSA) is 41.1 Å². The first kappa shape index (κ1) is 15.8. The second-order valence-electron chi connectivity index (χ2n) is 6.44. The van der Waals surface area contributed by atoms with Crippen LogP contribution >= 0.6 is 11.8 Å². The number of carbonyl (C=O) groups excluding carboxylic acids is 1. The van der Waals surface area contributed by atoms with Crippen molar-refractivity contribution in [2.75, 3.05) is 12.8 Å². The van der Waals surface area contributed by atoms with Crippen LogP contribution in [-0.4, -0.2) is 35.0 Å². The fourth-order valence-electron chi connectivity index (χ4n) is 2.38. The molecule has 0 aromatic heterocycles. The van der Waals surface area contributed by atoms with Crippen molar-refractivity contribution in [1.29, 1.82) is 0 Å². The number of amides is 1. The molecule has 1 unspecified atom stereocenters. The molecule has 3 nitrogen and oxygen atoms in total. The molecule has 0 aromatic carbocycles. The van der Waals surface area contributed by atoms with Crippen molar-refractivity contribution >= 4 is 17.7 Å². The highest BCUT2D eigenvalue weighted by Crippen LogP contribution is 2.39. The first-order chi connectivity index (χ1) is 8.28. The van der Waals surface area contributed by atoms with E-state index in [1.165, 1.54) is 25.7 Å². The second-order valence-corrected chi connectivity index (χ2v) is 7.71. The minimum Gasteiger partial charge on any atom is -0.350 e. The normalized spacial score (nSPS) is 20.7. The van der Waals surface area contributed by atoms with E-state index in [-0.39, 0.29) is 17.5 Å². The summed E-state index contributed by atoms with van der Waals surface area (Å²) in [5, 5.41) is 6.42. The number of rotatable bonds is 5. The molecule has 1 amide bonds. The highest BCUT2D eigenvalue weighted by Gasteiger charge is 2.33. The van der Waals surface area contributed by atoms with Crippen molar-refractivity contribution in [2.45, 2.75) is 69.7 Å². The first-order valence-electron chi connectivity index (χ1n) is 6.89. The third-order valence-electron chi connectivity index (χ3n) is 3.57. The molecular formula is C14H28N2OS. The van der Waals surface area contributed by atoms with Crippen LogP contribution in [0.1, 0.15) is 53.4 Å². The molecule has 0 radical (unpaired) electrons. The minimum absolute atomic E-state index is 0.0942. The van der Waals surface area contributed by atoms with Gasteiger partial charge in [0.25, 0.3) is 0 Å². The van der Waals surface area contributed by atoms with E-state index in [2.05, 4.69) is 16.9 Å². The van der Waals surface area contributed by atoms with E-state index in [1.54, 1.807) is 0 Å². The molecule has 0 spiro atoms. The molecule has 18 heavy (non-hydrogen) atoms. The molecule has 2 N–H and O–H groups in total. The van der Waals surface area contributed by atoms with Gasteiger partial charge in [-0.3, -0.25) is 4.79 Å². The Kier molecular flexibility index (Phi) is 5.53. The molecule has 1 saturated carbocycles. The van der Waals surface area contributed by atoms with Crippen molar-refractivity contribution in [3.05, 3.63) is 0 Å². The molecule has 1 fully saturated rings. The summed E-state index contributed by atoms with van der Waals surface area (Å²) < 4.78 is 0.357. The Balaban J connectivity index is 2.40. The smallest absolute Gasteiger partial charge is 0.237 e. The van der Waals surface area contributed by atoms with Gasteiger partial charge >= 0.3 is 0 Å². The maximum atomic E-state index is 12.0. The Morgan fingerprint density at radius 3 is 2.33 bits per heavy atom. The molecule has 1 aliphatic rings. The molecule has 0 aliphatic heterocycles. The highest BCUT2D eigenvalue weighted by molar-refractivity contribution is 8.00. The van der Waals surface area contributed by atoms with Crippen molar-refractivity contribution in [1.82, 2.24) is 10.6 Å². The van der Waals surface area contributed by atoms with Crippen LogP contribution in [0.25, 0.3) is 0 Å². The summed E-state index contributed by atoms with van der Waals surface area (Å²) in [6, 6.07) is -0.117. The lowest BCUT2D eigenvalue weighted by atomic mass is 10.1. The zero-order chi connectivity index (χ0) is 13.8. The van der Waals surface area contributed by atoms with Gasteiger partial charge in [-0.05, 0) is 46.8 Å². The van der Waals surface area contributed by atoms with Crippen LogP contribution in [0.3, 0.4) is 0 Å². The minimum atomic E-state index is -0.155. The van der Waals surface area contributed by atoms with E-state index in [0.29, 0.717) is 4.75 Å². The summed E-state index contributed by atoms with van der Waals surface area (Å²) in [5.74, 6) is 0.0942. The summed E-state index contributed by atoms with van der Waals surface area (Å²) >= 11 is 1.95. The van der Waals surface area contributed by atoms with E-state index in [1.807, 2.05) is 39.5 Å². The van der Waals surface area contributed by atoms with Crippen molar-refractivity contribution in [3.8, 4) is 0 Å². The highest BCUT2D eigenvalue weighted by atomic mass is 32.2. The Morgan fingerprint density at radius 2 is 1.89 bits per heavy atom. The Labute approximate surface area is 116 Å². The van der Waals surface area contributed by atoms with E-state index < -0.39 is 0 Å². The Hall–Kier alpha value is -0.220. The molecule has 4 heteroatoms. The molecule has 0 heterocycles. The molecule has 0 aromatic rings. The molecule has 106 valence electrons. The predicted octanol–water partition coefficient (Wildman–Crippen LogP) is 2.55. The lowest BCUT2D eigenvalue weighted by molar-refractivity contribution is -0.124. The van der Waals surface area contributed by atoms with Crippen molar-refractivity contribution in [2.24, 2.45) is 0 Å². The van der Waals surface area contributed by atoms with E-state index >= 15 is 0 Å². The Bertz CT molecular complexity index is 280. The van der Waals surface area contributed by atoms with Crippen molar-refractivity contribution < 1.29 is 4.79 Å². The summed E-state index contributed by atoms with van der Waals surface area (Å²) in [7, 11) is 0. The van der Waals surface area contributed by atoms with Crippen LogP contribution in [0.2, 0.25) is 0 Å². The van der Waals surface area contributed by atoms with Gasteiger partial charge in [0.05, 0.1) is 6.04 Å². The first-order valence-corrected chi connectivity index (χ1v) is 8.11. The predicted molar refractivity (Wildman–Crippen MR) is 80.1 cm³/mol. The molecule has 1 aliphatic carbocycles. The largest absolute Gasteiger partial charge is 0.350 e. The monoisotopic (exact) mass is 272 g/mol. The SMILES string of the molecule is CSC1(CNC(C)C(=O)NC(C)(C)C)CCCC1. The fourth-order valence-corrected chi connectivity index (χ4v) is 3.31. The number of thioether (sulfide) groups is 1. The van der Waals surface area contributed by atoms with Gasteiger partial charge < -0.3 is 10.6 Å². The van der Waals surface area contributed by atoms with Gasteiger partial charge in [0.1, 0.15) is 0 Å². The number of hydrogen-bond acceptors (Lipinski definition) is 3. The number of hydrogen-bond donors (Lipinski definition) is 2. The lowest BCUT2D eigenvalue weighted by Gasteiger charge is -2.30. The molecule has 0 bridgehead atoms. The van der Waals surface area contributed by atoms with Gasteiger partial charge in [0, 0.05) is 16.8 Å². The van der Waals surface area contributed by atoms with Crippen molar-refractivity contribution in [3.63, 3.8) is 0 Å². The lowest BCUT2D eigenvalue weighted by Crippen LogP contribution is -2.51. The van der Waals surface area contributed by atoms with Gasteiger partial charge in [0.2, 0.25) is 5.91 Å². The molecular weight excluding hydrogens is 244 g/mol. The molecule has 0 saturated heterocycles. The van der Waals surface area contributed by atoms with Crippen LogP contribution in [0.5, 0.6) is 0 Å². The summed E-state index contributed by atoms with van der Waals surface area (Å²) in [5.41, 5.74) is -0.155. The van der Waals surface area contributed by atoms with E-state index in [4.69, 9.17) is 0 Å². The Morgan fingerprint density at radius 1 is 1.33 bits per heavy atom. The maximum Gasteiger partial charge on any atom is 0.237 e. The van der Waals surface area contributed by atoms with Gasteiger partial charge in [-0.15, -0.1) is 0 Å². The standard InChI is InChI=1S/C14H28N2OS/c1-11(12(17)16-13(2,3)4)15-10-14(18-5)8-6-7-9-14/h11,15H,6-10H2,1-5H3,(H,16,17). The van der Waals surface area contributed by atoms with Gasteiger partial charge in [0.15, 0.2) is 0 Å². The maximum absolute atomic E-state index is 12.0. The summed E-state index contributed by atoms with van der Waals surface area (Å²) in [6.45, 7) is 8.92. The third kappa shape index (κ3) is 4.81. The zero-order valence-corrected chi connectivity index (χ0v) is 13.2. The average molecular weight is 272 g/mol. The molecule has 1 atom stereocenters. The van der Waals surface area contributed by atoms with Gasteiger partial charge in [-0.25, -0.2) is 0 Å². The van der Waals surface area contributed by atoms with Gasteiger partial charge in [-0.2, -0.15) is 11.8 Å². The van der Waals surface area contributed by atoms with Crippen LogP contribution in [0.15, 0.2) is 0 Å². The molecule has 1 rings (SSSR count). The van der Waals surface area contributed by atoms with Crippen LogP contribution in [-0.2, 0) is 4.79 Å². The summed E-state index contributed by atoms with van der Waals surface area (Å²) in [6.07, 6.45) is 7.38. The van der Waals surface area contributed by atoms with Crippen LogP contribution in [0, 0.1) is 0 Å². The quantitative estimate of drug-likeness (QED) is 0.808. The van der Waals surface area contributed by atoms with Crippen LogP contribution in [0.4, 0.5) is 0 Å². The van der Waals surface area contributed by atoms with Crippen LogP contribution < -0.4 is 10.6 Å². The summed E-state index contributed by atoms with van der Waals surface area (Å²) in [4.78, 5) is 12.0.